The molecule has 0 spiro atoms. The van der Waals surface area contributed by atoms with Gasteiger partial charge in [0.2, 0.25) is 0 Å². The van der Waals surface area contributed by atoms with Crippen LogP contribution in [0.25, 0.3) is 0 Å². The van der Waals surface area contributed by atoms with Crippen LogP contribution in [0.5, 0.6) is 5.75 Å². The molecule has 0 atom stereocenters. The minimum atomic E-state index is 0.640. The molecule has 106 valence electrons. The first-order valence-corrected chi connectivity index (χ1v) is 8.48. The minimum absolute atomic E-state index is 0.640. The van der Waals surface area contributed by atoms with Crippen molar-refractivity contribution in [3.05, 3.63) is 54.3 Å². The highest BCUT2D eigenvalue weighted by Crippen LogP contribution is 2.34. The molecule has 0 amide bonds. The van der Waals surface area contributed by atoms with Crippen LogP contribution in [0.2, 0.25) is 5.02 Å². The van der Waals surface area contributed by atoms with Crippen molar-refractivity contribution < 1.29 is 4.74 Å². The molecule has 2 nitrogen and oxygen atoms in total. The summed E-state index contributed by atoms with van der Waals surface area (Å²) in [6.45, 7) is 0.640. The highest BCUT2D eigenvalue weighted by Gasteiger charge is 2.10. The highest BCUT2D eigenvalue weighted by molar-refractivity contribution is 9.11. The lowest BCUT2D eigenvalue weighted by atomic mass is 10.2. The van der Waals surface area contributed by atoms with Crippen molar-refractivity contribution in [3.8, 4) is 5.75 Å². The van der Waals surface area contributed by atoms with Gasteiger partial charge in [-0.25, -0.2) is 0 Å². The molecule has 20 heavy (non-hydrogen) atoms. The zero-order valence-corrected chi connectivity index (χ0v) is 16.0. The van der Waals surface area contributed by atoms with E-state index in [1.807, 2.05) is 30.3 Å². The second kappa shape index (κ2) is 7.16. The topological polar surface area (TPSA) is 21.3 Å². The van der Waals surface area contributed by atoms with E-state index in [1.54, 1.807) is 7.11 Å². The smallest absolute Gasteiger partial charge is 0.138 e. The van der Waals surface area contributed by atoms with E-state index in [2.05, 4.69) is 53.1 Å². The number of benzene rings is 2. The SMILES string of the molecule is COc1c(Br)cc(Br)cc1CNc1ccc(Cl)cc1Br. The summed E-state index contributed by atoms with van der Waals surface area (Å²) in [5, 5.41) is 4.06. The average molecular weight is 484 g/mol. The van der Waals surface area contributed by atoms with Gasteiger partial charge in [-0.1, -0.05) is 27.5 Å². The Morgan fingerprint density at radius 3 is 2.50 bits per heavy atom. The number of hydrogen-bond acceptors (Lipinski definition) is 2. The largest absolute Gasteiger partial charge is 0.495 e. The van der Waals surface area contributed by atoms with E-state index in [0.29, 0.717) is 11.6 Å². The van der Waals surface area contributed by atoms with Crippen LogP contribution in [0.1, 0.15) is 5.56 Å². The van der Waals surface area contributed by atoms with Gasteiger partial charge in [0.15, 0.2) is 0 Å². The van der Waals surface area contributed by atoms with Crippen molar-refractivity contribution in [3.63, 3.8) is 0 Å². The molecule has 2 aromatic carbocycles. The van der Waals surface area contributed by atoms with Crippen molar-refractivity contribution >= 4 is 65.1 Å². The molecule has 0 aliphatic rings. The third-order valence-electron chi connectivity index (χ3n) is 2.69. The van der Waals surface area contributed by atoms with Gasteiger partial charge in [0.25, 0.3) is 0 Å². The summed E-state index contributed by atoms with van der Waals surface area (Å²) < 4.78 is 8.27. The molecule has 0 radical (unpaired) electrons. The number of halogens is 4. The van der Waals surface area contributed by atoms with Gasteiger partial charge in [0, 0.05) is 31.8 Å². The van der Waals surface area contributed by atoms with Gasteiger partial charge < -0.3 is 10.1 Å². The van der Waals surface area contributed by atoms with Gasteiger partial charge in [0.1, 0.15) is 5.75 Å². The average Bonchev–Trinajstić information content (AvgIpc) is 2.37. The summed E-state index contributed by atoms with van der Waals surface area (Å²) in [6.07, 6.45) is 0. The van der Waals surface area contributed by atoms with E-state index < -0.39 is 0 Å². The van der Waals surface area contributed by atoms with Gasteiger partial charge in [-0.3, -0.25) is 0 Å². The zero-order chi connectivity index (χ0) is 14.7. The summed E-state index contributed by atoms with van der Waals surface area (Å²) in [6, 6.07) is 9.63. The van der Waals surface area contributed by atoms with Crippen LogP contribution in [0.3, 0.4) is 0 Å². The minimum Gasteiger partial charge on any atom is -0.495 e. The van der Waals surface area contributed by atoms with E-state index in [4.69, 9.17) is 16.3 Å². The first kappa shape index (κ1) is 16.1. The number of methoxy groups -OCH3 is 1. The number of nitrogens with one attached hydrogen (secondary N) is 1. The van der Waals surface area contributed by atoms with Crippen molar-refractivity contribution in [2.45, 2.75) is 6.54 Å². The third kappa shape index (κ3) is 3.91. The Balaban J connectivity index is 2.22. The molecule has 0 aromatic heterocycles. The summed E-state index contributed by atoms with van der Waals surface area (Å²) in [4.78, 5) is 0. The lowest BCUT2D eigenvalue weighted by Crippen LogP contribution is -2.03. The highest BCUT2D eigenvalue weighted by atomic mass is 79.9. The number of rotatable bonds is 4. The fraction of sp³-hybridized carbons (Fsp3) is 0.143. The van der Waals surface area contributed by atoms with Gasteiger partial charge in [-0.05, 0) is 62.2 Å². The normalized spacial score (nSPS) is 10.4. The Kier molecular flexibility index (Phi) is 5.78. The van der Waals surface area contributed by atoms with Crippen LogP contribution in [0.15, 0.2) is 43.7 Å². The number of anilines is 1. The number of ether oxygens (including phenoxy) is 1. The summed E-state index contributed by atoms with van der Waals surface area (Å²) in [5.41, 5.74) is 2.03. The predicted octanol–water partition coefficient (Wildman–Crippen LogP) is 6.25. The monoisotopic (exact) mass is 481 g/mol. The predicted molar refractivity (Wildman–Crippen MR) is 94.9 cm³/mol. The molecule has 0 saturated heterocycles. The van der Waals surface area contributed by atoms with Crippen LogP contribution in [-0.4, -0.2) is 7.11 Å². The van der Waals surface area contributed by atoms with E-state index >= 15 is 0 Å². The van der Waals surface area contributed by atoms with Crippen molar-refractivity contribution in [2.24, 2.45) is 0 Å². The first-order valence-electron chi connectivity index (χ1n) is 5.72. The Hall–Kier alpha value is -0.230. The van der Waals surface area contributed by atoms with E-state index in [1.165, 1.54) is 0 Å². The second-order valence-electron chi connectivity index (χ2n) is 4.06. The van der Waals surface area contributed by atoms with E-state index in [9.17, 15) is 0 Å². The Morgan fingerprint density at radius 1 is 1.10 bits per heavy atom. The van der Waals surface area contributed by atoms with Crippen molar-refractivity contribution in [1.82, 2.24) is 0 Å². The maximum absolute atomic E-state index is 5.93. The van der Waals surface area contributed by atoms with Crippen LogP contribution in [0.4, 0.5) is 5.69 Å². The Bertz CT molecular complexity index is 634. The molecule has 0 saturated carbocycles. The standard InChI is InChI=1S/C14H11Br3ClNO/c1-20-14-8(4-9(15)5-12(14)17)7-19-13-3-2-10(18)6-11(13)16/h2-6,19H,7H2,1H3. The fourth-order valence-electron chi connectivity index (χ4n) is 1.80. The quantitative estimate of drug-likeness (QED) is 0.554. The molecule has 0 aliphatic carbocycles. The van der Waals surface area contributed by atoms with Crippen LogP contribution in [0, 0.1) is 0 Å². The maximum atomic E-state index is 5.93. The molecule has 0 fully saturated rings. The first-order chi connectivity index (χ1) is 9.51. The summed E-state index contributed by atoms with van der Waals surface area (Å²) in [5.74, 6) is 0.825. The van der Waals surface area contributed by atoms with Gasteiger partial charge in [0.05, 0.1) is 11.6 Å². The molecular formula is C14H11Br3ClNO. The van der Waals surface area contributed by atoms with Crippen LogP contribution < -0.4 is 10.1 Å². The van der Waals surface area contributed by atoms with Gasteiger partial charge in [-0.2, -0.15) is 0 Å². The third-order valence-corrected chi connectivity index (χ3v) is 4.63. The van der Waals surface area contributed by atoms with E-state index in [0.717, 1.165) is 30.4 Å². The maximum Gasteiger partial charge on any atom is 0.138 e. The molecule has 6 heteroatoms. The molecule has 0 bridgehead atoms. The fourth-order valence-corrected chi connectivity index (χ4v) is 4.10. The Labute approximate surface area is 148 Å². The molecule has 0 aliphatic heterocycles. The van der Waals surface area contributed by atoms with Gasteiger partial charge >= 0.3 is 0 Å². The van der Waals surface area contributed by atoms with Gasteiger partial charge in [-0.15, -0.1) is 0 Å². The molecular weight excluding hydrogens is 473 g/mol. The lowest BCUT2D eigenvalue weighted by molar-refractivity contribution is 0.407. The van der Waals surface area contributed by atoms with Crippen LogP contribution >= 0.6 is 59.4 Å². The molecule has 0 heterocycles. The number of hydrogen-bond donors (Lipinski definition) is 1. The van der Waals surface area contributed by atoms with Crippen molar-refractivity contribution in [2.75, 3.05) is 12.4 Å². The molecule has 1 N–H and O–H groups in total. The zero-order valence-electron chi connectivity index (χ0n) is 10.5. The van der Waals surface area contributed by atoms with Crippen molar-refractivity contribution in [1.29, 1.82) is 0 Å². The Morgan fingerprint density at radius 2 is 1.85 bits per heavy atom. The molecule has 2 aromatic rings. The van der Waals surface area contributed by atoms with E-state index in [-0.39, 0.29) is 0 Å². The molecule has 2 rings (SSSR count). The summed E-state index contributed by atoms with van der Waals surface area (Å²) >= 11 is 16.4. The lowest BCUT2D eigenvalue weighted by Gasteiger charge is -2.14. The summed E-state index contributed by atoms with van der Waals surface area (Å²) in [7, 11) is 1.66. The van der Waals surface area contributed by atoms with Crippen LogP contribution in [-0.2, 0) is 6.54 Å². The molecule has 0 unspecified atom stereocenters. The second-order valence-corrected chi connectivity index (χ2v) is 7.12.